The molecule has 0 heterocycles. The second kappa shape index (κ2) is 6.63. The van der Waals surface area contributed by atoms with Gasteiger partial charge in [0.2, 0.25) is 0 Å². The fraction of sp³-hybridized carbons (Fsp3) is 0.385. The fourth-order valence-electron chi connectivity index (χ4n) is 1.56. The molecule has 1 rings (SSSR count). The third kappa shape index (κ3) is 3.87. The van der Waals surface area contributed by atoms with Crippen molar-refractivity contribution in [1.82, 2.24) is 4.90 Å². The molecule has 19 heavy (non-hydrogen) atoms. The molecule has 0 atom stereocenters. The number of likely N-dealkylation sites (N-methyl/N-ethyl adjacent to an activating group) is 1. The van der Waals surface area contributed by atoms with Gasteiger partial charge in [-0.1, -0.05) is 0 Å². The molecule has 0 bridgehead atoms. The van der Waals surface area contributed by atoms with E-state index < -0.39 is 11.9 Å². The average Bonchev–Trinajstić information content (AvgIpc) is 2.35. The van der Waals surface area contributed by atoms with Gasteiger partial charge in [-0.2, -0.15) is 0 Å². The maximum atomic E-state index is 12.1. The lowest BCUT2D eigenvalue weighted by Gasteiger charge is -2.20. The van der Waals surface area contributed by atoms with Crippen LogP contribution in [0.15, 0.2) is 18.2 Å². The van der Waals surface area contributed by atoms with Gasteiger partial charge >= 0.3 is 5.97 Å². The van der Waals surface area contributed by atoms with E-state index >= 15 is 0 Å². The van der Waals surface area contributed by atoms with Crippen molar-refractivity contribution in [2.24, 2.45) is 0 Å². The molecule has 0 unspecified atom stereocenters. The van der Waals surface area contributed by atoms with Crippen molar-refractivity contribution in [3.8, 4) is 11.5 Å². The second-order valence-corrected chi connectivity index (χ2v) is 3.83. The van der Waals surface area contributed by atoms with E-state index in [1.807, 2.05) is 0 Å². The van der Waals surface area contributed by atoms with Crippen LogP contribution in [0.3, 0.4) is 0 Å². The molecule has 1 aromatic carbocycles. The van der Waals surface area contributed by atoms with E-state index in [1.54, 1.807) is 13.8 Å². The first-order valence-electron chi connectivity index (χ1n) is 5.96. The molecule has 0 aliphatic rings. The number of amides is 1. The number of aromatic hydroxyl groups is 2. The molecular formula is C13H17NO5. The van der Waals surface area contributed by atoms with Crippen LogP contribution in [0.2, 0.25) is 0 Å². The number of hydrogen-bond acceptors (Lipinski definition) is 5. The fourth-order valence-corrected chi connectivity index (χ4v) is 1.56. The Kier molecular flexibility index (Phi) is 5.17. The zero-order valence-corrected chi connectivity index (χ0v) is 10.9. The zero-order chi connectivity index (χ0) is 14.4. The Morgan fingerprint density at radius 2 is 1.95 bits per heavy atom. The van der Waals surface area contributed by atoms with Crippen LogP contribution in [0, 0.1) is 0 Å². The van der Waals surface area contributed by atoms with Crippen molar-refractivity contribution < 1.29 is 24.5 Å². The van der Waals surface area contributed by atoms with Gasteiger partial charge in [0.25, 0.3) is 5.91 Å². The molecule has 0 aliphatic heterocycles. The van der Waals surface area contributed by atoms with E-state index in [9.17, 15) is 19.8 Å². The SMILES string of the molecule is CCOC(=O)CN(CC)C(=O)c1ccc(O)cc1O. The van der Waals surface area contributed by atoms with Crippen LogP contribution in [-0.4, -0.2) is 46.7 Å². The minimum absolute atomic E-state index is 0.0314. The molecule has 0 saturated heterocycles. The summed E-state index contributed by atoms with van der Waals surface area (Å²) in [5.41, 5.74) is 0.0314. The normalized spacial score (nSPS) is 10.0. The van der Waals surface area contributed by atoms with Gasteiger partial charge in [-0.15, -0.1) is 0 Å². The van der Waals surface area contributed by atoms with Gasteiger partial charge in [0.1, 0.15) is 18.0 Å². The third-order valence-electron chi connectivity index (χ3n) is 2.51. The largest absolute Gasteiger partial charge is 0.508 e. The summed E-state index contributed by atoms with van der Waals surface area (Å²) in [6, 6.07) is 3.68. The molecular weight excluding hydrogens is 250 g/mol. The van der Waals surface area contributed by atoms with Crippen LogP contribution in [0.5, 0.6) is 11.5 Å². The molecule has 6 heteroatoms. The number of rotatable bonds is 5. The number of carbonyl (C=O) groups is 2. The molecule has 0 fully saturated rings. The molecule has 0 saturated carbocycles. The lowest BCUT2D eigenvalue weighted by molar-refractivity contribution is -0.143. The summed E-state index contributed by atoms with van der Waals surface area (Å²) >= 11 is 0. The van der Waals surface area contributed by atoms with Gasteiger partial charge in [0, 0.05) is 12.6 Å². The highest BCUT2D eigenvalue weighted by Crippen LogP contribution is 2.23. The van der Waals surface area contributed by atoms with Crippen molar-refractivity contribution in [3.05, 3.63) is 23.8 Å². The third-order valence-corrected chi connectivity index (χ3v) is 2.51. The van der Waals surface area contributed by atoms with Gasteiger partial charge in [-0.05, 0) is 26.0 Å². The minimum Gasteiger partial charge on any atom is -0.508 e. The van der Waals surface area contributed by atoms with Crippen LogP contribution in [0.25, 0.3) is 0 Å². The van der Waals surface area contributed by atoms with Crippen molar-refractivity contribution in [1.29, 1.82) is 0 Å². The number of hydrogen-bond donors (Lipinski definition) is 2. The molecule has 104 valence electrons. The number of benzene rings is 1. The number of esters is 1. The van der Waals surface area contributed by atoms with Crippen LogP contribution in [0.1, 0.15) is 24.2 Å². The van der Waals surface area contributed by atoms with Gasteiger partial charge in [-0.3, -0.25) is 9.59 Å². The highest BCUT2D eigenvalue weighted by Gasteiger charge is 2.20. The molecule has 1 amide bonds. The zero-order valence-electron chi connectivity index (χ0n) is 10.9. The summed E-state index contributed by atoms with van der Waals surface area (Å²) in [5.74, 6) is -1.46. The van der Waals surface area contributed by atoms with E-state index in [-0.39, 0.29) is 30.2 Å². The number of ether oxygens (including phenoxy) is 1. The highest BCUT2D eigenvalue weighted by atomic mass is 16.5. The first-order valence-corrected chi connectivity index (χ1v) is 5.96. The maximum Gasteiger partial charge on any atom is 0.325 e. The molecule has 0 aromatic heterocycles. The molecule has 0 spiro atoms. The number of carbonyl (C=O) groups excluding carboxylic acids is 2. The van der Waals surface area contributed by atoms with Gasteiger partial charge < -0.3 is 19.8 Å². The van der Waals surface area contributed by atoms with E-state index in [0.29, 0.717) is 6.54 Å². The first kappa shape index (κ1) is 14.8. The van der Waals surface area contributed by atoms with Crippen LogP contribution < -0.4 is 0 Å². The lowest BCUT2D eigenvalue weighted by Crippen LogP contribution is -2.36. The summed E-state index contributed by atoms with van der Waals surface area (Å²) in [6.45, 7) is 3.77. The van der Waals surface area contributed by atoms with Crippen molar-refractivity contribution in [3.63, 3.8) is 0 Å². The standard InChI is InChI=1S/C13H17NO5/c1-3-14(8-12(17)19-4-2)13(18)10-6-5-9(15)7-11(10)16/h5-7,15-16H,3-4,8H2,1-2H3. The predicted octanol–water partition coefficient (Wildman–Crippen LogP) is 1.12. The summed E-state index contributed by atoms with van der Waals surface area (Å²) in [6.07, 6.45) is 0. The Balaban J connectivity index is 2.86. The minimum atomic E-state index is -0.504. The summed E-state index contributed by atoms with van der Waals surface area (Å²) in [4.78, 5) is 24.7. The van der Waals surface area contributed by atoms with E-state index in [2.05, 4.69) is 0 Å². The van der Waals surface area contributed by atoms with E-state index in [0.717, 1.165) is 6.07 Å². The Labute approximate surface area is 111 Å². The van der Waals surface area contributed by atoms with Crippen LogP contribution in [0.4, 0.5) is 0 Å². The lowest BCUT2D eigenvalue weighted by atomic mass is 10.1. The summed E-state index contributed by atoms with van der Waals surface area (Å²) in [7, 11) is 0. The number of phenolic OH excluding ortho intramolecular Hbond substituents is 2. The molecule has 2 N–H and O–H groups in total. The smallest absolute Gasteiger partial charge is 0.325 e. The van der Waals surface area contributed by atoms with E-state index in [1.165, 1.54) is 17.0 Å². The van der Waals surface area contributed by atoms with Crippen molar-refractivity contribution in [2.45, 2.75) is 13.8 Å². The molecule has 0 radical (unpaired) electrons. The topological polar surface area (TPSA) is 87.1 Å². The maximum absolute atomic E-state index is 12.1. The predicted molar refractivity (Wildman–Crippen MR) is 68.0 cm³/mol. The Morgan fingerprint density at radius 3 is 2.47 bits per heavy atom. The summed E-state index contributed by atoms with van der Waals surface area (Å²) in [5, 5.41) is 18.8. The number of nitrogens with zero attached hydrogens (tertiary/aromatic N) is 1. The highest BCUT2D eigenvalue weighted by molar-refractivity contribution is 5.98. The first-order chi connectivity index (χ1) is 8.99. The van der Waals surface area contributed by atoms with Crippen LogP contribution >= 0.6 is 0 Å². The quantitative estimate of drug-likeness (QED) is 0.781. The van der Waals surface area contributed by atoms with Gasteiger partial charge in [0.05, 0.1) is 12.2 Å². The Morgan fingerprint density at radius 1 is 1.26 bits per heavy atom. The van der Waals surface area contributed by atoms with Crippen molar-refractivity contribution >= 4 is 11.9 Å². The Bertz CT molecular complexity index is 472. The monoisotopic (exact) mass is 267 g/mol. The number of phenols is 2. The molecule has 1 aromatic rings. The van der Waals surface area contributed by atoms with Crippen LogP contribution in [-0.2, 0) is 9.53 Å². The second-order valence-electron chi connectivity index (χ2n) is 3.83. The molecule has 0 aliphatic carbocycles. The van der Waals surface area contributed by atoms with Crippen molar-refractivity contribution in [2.75, 3.05) is 19.7 Å². The van der Waals surface area contributed by atoms with Gasteiger partial charge in [-0.25, -0.2) is 0 Å². The van der Waals surface area contributed by atoms with E-state index in [4.69, 9.17) is 4.74 Å². The Hall–Kier alpha value is -2.24. The summed E-state index contributed by atoms with van der Waals surface area (Å²) < 4.78 is 4.77. The molecule has 6 nitrogen and oxygen atoms in total. The average molecular weight is 267 g/mol. The van der Waals surface area contributed by atoms with Gasteiger partial charge in [0.15, 0.2) is 0 Å².